The number of anilines is 2. The van der Waals surface area contributed by atoms with E-state index in [0.717, 1.165) is 17.9 Å². The fourth-order valence-electron chi connectivity index (χ4n) is 3.91. The number of carbonyl (C=O) groups excluding carboxylic acids is 1. The van der Waals surface area contributed by atoms with Crippen molar-refractivity contribution in [2.24, 2.45) is 5.92 Å². The molecule has 3 aromatic carbocycles. The molecule has 1 aromatic heterocycles. The van der Waals surface area contributed by atoms with Crippen molar-refractivity contribution in [1.29, 1.82) is 0 Å². The second-order valence-electron chi connectivity index (χ2n) is 8.69. The van der Waals surface area contributed by atoms with Crippen LogP contribution in [0, 0.1) is 5.92 Å². The summed E-state index contributed by atoms with van der Waals surface area (Å²) in [5, 5.41) is 10.4. The van der Waals surface area contributed by atoms with Crippen LogP contribution in [0.15, 0.2) is 91.1 Å². The predicted molar refractivity (Wildman–Crippen MR) is 139 cm³/mol. The molecule has 0 spiro atoms. The van der Waals surface area contributed by atoms with Crippen LogP contribution in [0.2, 0.25) is 5.02 Å². The summed E-state index contributed by atoms with van der Waals surface area (Å²) in [4.78, 5) is 31.6. The van der Waals surface area contributed by atoms with Gasteiger partial charge in [0, 0.05) is 22.8 Å². The van der Waals surface area contributed by atoms with E-state index in [1.54, 1.807) is 42.6 Å². The second-order valence-corrected chi connectivity index (χ2v) is 9.13. The Kier molecular flexibility index (Phi) is 6.69. The Morgan fingerprint density at radius 3 is 2.31 bits per heavy atom. The molecule has 1 N–H and O–H groups in total. The number of carboxylic acid groups (broad SMARTS) is 1. The van der Waals surface area contributed by atoms with Crippen LogP contribution in [0.5, 0.6) is 11.5 Å². The highest BCUT2D eigenvalue weighted by atomic mass is 35.5. The zero-order chi connectivity index (χ0) is 25.1. The second kappa shape index (κ2) is 10.2. The number of carboxylic acids is 1. The predicted octanol–water partition coefficient (Wildman–Crippen LogP) is 7.00. The first kappa shape index (κ1) is 23.6. The zero-order valence-corrected chi connectivity index (χ0v) is 20.1. The van der Waals surface area contributed by atoms with Gasteiger partial charge in [-0.3, -0.25) is 9.78 Å². The van der Waals surface area contributed by atoms with Gasteiger partial charge in [-0.15, -0.1) is 0 Å². The molecule has 180 valence electrons. The van der Waals surface area contributed by atoms with Crippen LogP contribution >= 0.6 is 11.6 Å². The minimum atomic E-state index is -1.18. The summed E-state index contributed by atoms with van der Waals surface area (Å²) in [6, 6.07) is 24.4. The Morgan fingerprint density at radius 1 is 0.944 bits per heavy atom. The van der Waals surface area contributed by atoms with Gasteiger partial charge >= 0.3 is 5.97 Å². The van der Waals surface area contributed by atoms with E-state index in [1.165, 1.54) is 25.0 Å². The van der Waals surface area contributed by atoms with Gasteiger partial charge in [-0.2, -0.15) is 0 Å². The molecule has 0 unspecified atom stereocenters. The maximum atomic E-state index is 13.1. The average Bonchev–Trinajstić information content (AvgIpc) is 3.73. The van der Waals surface area contributed by atoms with Crippen LogP contribution in [0.1, 0.15) is 39.3 Å². The number of hydrogen-bond donors (Lipinski definition) is 1. The van der Waals surface area contributed by atoms with E-state index in [4.69, 9.17) is 16.3 Å². The first-order valence-corrected chi connectivity index (χ1v) is 12.0. The molecule has 1 saturated carbocycles. The highest BCUT2D eigenvalue weighted by Gasteiger charge is 2.26. The summed E-state index contributed by atoms with van der Waals surface area (Å²) < 4.78 is 5.72. The lowest BCUT2D eigenvalue weighted by Gasteiger charge is -2.25. The maximum Gasteiger partial charge on any atom is 0.339 e. The third kappa shape index (κ3) is 5.39. The van der Waals surface area contributed by atoms with Gasteiger partial charge in [0.2, 0.25) is 5.78 Å². The fourth-order valence-corrected chi connectivity index (χ4v) is 4.04. The van der Waals surface area contributed by atoms with Crippen molar-refractivity contribution in [2.45, 2.75) is 12.8 Å². The molecule has 1 aliphatic carbocycles. The molecule has 7 heteroatoms. The van der Waals surface area contributed by atoms with Gasteiger partial charge in [-0.1, -0.05) is 29.8 Å². The molecule has 36 heavy (non-hydrogen) atoms. The van der Waals surface area contributed by atoms with Crippen LogP contribution in [-0.4, -0.2) is 28.4 Å². The number of rotatable bonds is 9. The lowest BCUT2D eigenvalue weighted by atomic mass is 10.0. The molecule has 1 heterocycles. The monoisotopic (exact) mass is 498 g/mol. The number of benzene rings is 3. The lowest BCUT2D eigenvalue weighted by Crippen LogP contribution is -2.20. The van der Waals surface area contributed by atoms with Gasteiger partial charge in [0.25, 0.3) is 0 Å². The quantitative estimate of drug-likeness (QED) is 0.250. The molecule has 0 atom stereocenters. The zero-order valence-electron chi connectivity index (χ0n) is 19.3. The summed E-state index contributed by atoms with van der Waals surface area (Å²) in [6.45, 7) is 0.863. The number of carbonyl (C=O) groups is 2. The number of aromatic carboxylic acids is 1. The smallest absolute Gasteiger partial charge is 0.339 e. The molecular formula is C29H23ClN2O4. The lowest BCUT2D eigenvalue weighted by molar-refractivity contribution is 0.0694. The highest BCUT2D eigenvalue weighted by Crippen LogP contribution is 2.35. The number of aromatic nitrogens is 1. The van der Waals surface area contributed by atoms with Crippen LogP contribution in [0.25, 0.3) is 0 Å². The summed E-state index contributed by atoms with van der Waals surface area (Å²) in [5.74, 6) is -0.249. The fraction of sp³-hybridized carbons (Fsp3) is 0.138. The van der Waals surface area contributed by atoms with E-state index < -0.39 is 5.97 Å². The molecular weight excluding hydrogens is 476 g/mol. The van der Waals surface area contributed by atoms with Crippen molar-refractivity contribution in [2.75, 3.05) is 11.4 Å². The number of pyridine rings is 1. The van der Waals surface area contributed by atoms with Crippen LogP contribution in [0.3, 0.4) is 0 Å². The number of hydrogen-bond acceptors (Lipinski definition) is 5. The number of ketones is 1. The van der Waals surface area contributed by atoms with E-state index >= 15 is 0 Å². The average molecular weight is 499 g/mol. The molecule has 5 rings (SSSR count). The van der Waals surface area contributed by atoms with Crippen molar-refractivity contribution in [3.8, 4) is 11.5 Å². The topological polar surface area (TPSA) is 79.7 Å². The normalized spacial score (nSPS) is 12.7. The molecule has 0 saturated heterocycles. The molecule has 6 nitrogen and oxygen atoms in total. The van der Waals surface area contributed by atoms with Crippen molar-refractivity contribution in [3.05, 3.63) is 113 Å². The Hall–Kier alpha value is -4.16. The SMILES string of the molecule is O=C(c1ccc(Oc2ccccc2)c(C(=O)O)c1)c1ccc(N(CC2CC2)c2ccc(Cl)cc2)cn1. The minimum absolute atomic E-state index is 0.0975. The van der Waals surface area contributed by atoms with Crippen LogP contribution in [-0.2, 0) is 0 Å². The van der Waals surface area contributed by atoms with Crippen LogP contribution in [0.4, 0.5) is 11.4 Å². The van der Waals surface area contributed by atoms with Crippen LogP contribution < -0.4 is 9.64 Å². The van der Waals surface area contributed by atoms with Gasteiger partial charge in [0.05, 0.1) is 11.9 Å². The summed E-state index contributed by atoms with van der Waals surface area (Å²) in [5.41, 5.74) is 2.24. The Balaban J connectivity index is 1.39. The van der Waals surface area contributed by atoms with Crippen molar-refractivity contribution < 1.29 is 19.4 Å². The number of halogens is 1. The summed E-state index contributed by atoms with van der Waals surface area (Å²) in [7, 11) is 0. The number of nitrogens with zero attached hydrogens (tertiary/aromatic N) is 2. The number of ether oxygens (including phenoxy) is 1. The van der Waals surface area contributed by atoms with E-state index in [9.17, 15) is 14.7 Å². The molecule has 0 amide bonds. The van der Waals surface area contributed by atoms with E-state index in [-0.39, 0.29) is 28.4 Å². The molecule has 0 radical (unpaired) electrons. The first-order chi connectivity index (χ1) is 17.5. The third-order valence-electron chi connectivity index (χ3n) is 6.01. The first-order valence-electron chi connectivity index (χ1n) is 11.6. The van der Waals surface area contributed by atoms with Gasteiger partial charge in [-0.25, -0.2) is 4.79 Å². The highest BCUT2D eigenvalue weighted by molar-refractivity contribution is 6.30. The van der Waals surface area contributed by atoms with E-state index in [1.807, 2.05) is 36.4 Å². The molecule has 1 aliphatic rings. The van der Waals surface area contributed by atoms with Gasteiger partial charge in [-0.05, 0) is 85.5 Å². The summed E-state index contributed by atoms with van der Waals surface area (Å²) in [6.07, 6.45) is 4.07. The van der Waals surface area contributed by atoms with Crippen molar-refractivity contribution in [3.63, 3.8) is 0 Å². The largest absolute Gasteiger partial charge is 0.478 e. The van der Waals surface area contributed by atoms with E-state index in [0.29, 0.717) is 16.7 Å². The Bertz CT molecular complexity index is 1390. The standard InChI is InChI=1S/C29H23ClN2O4/c30-21-9-11-22(12-10-21)32(18-19-6-7-19)23-13-14-26(31-17-23)28(33)20-8-15-27(25(16-20)29(34)35)36-24-4-2-1-3-5-24/h1-5,8-17,19H,6-7,18H2,(H,34,35). The maximum absolute atomic E-state index is 13.1. The van der Waals surface area contributed by atoms with E-state index in [2.05, 4.69) is 9.88 Å². The van der Waals surface area contributed by atoms with Crippen molar-refractivity contribution >= 4 is 34.7 Å². The summed E-state index contributed by atoms with van der Waals surface area (Å²) >= 11 is 6.06. The van der Waals surface area contributed by atoms with Gasteiger partial charge in [0.1, 0.15) is 22.8 Å². The van der Waals surface area contributed by atoms with Crippen molar-refractivity contribution in [1.82, 2.24) is 4.98 Å². The Morgan fingerprint density at radius 2 is 1.67 bits per heavy atom. The Labute approximate surface area is 213 Å². The molecule has 1 fully saturated rings. The molecule has 4 aromatic rings. The molecule has 0 bridgehead atoms. The minimum Gasteiger partial charge on any atom is -0.478 e. The van der Waals surface area contributed by atoms with Gasteiger partial charge in [0.15, 0.2) is 0 Å². The van der Waals surface area contributed by atoms with Gasteiger partial charge < -0.3 is 14.7 Å². The third-order valence-corrected chi connectivity index (χ3v) is 6.26. The molecule has 0 aliphatic heterocycles. The number of para-hydroxylation sites is 1.